The molecule has 3 N–H and O–H groups in total. The Labute approximate surface area is 158 Å². The Morgan fingerprint density at radius 2 is 2.00 bits per heavy atom. The average molecular weight is 376 g/mol. The minimum absolute atomic E-state index is 0.284. The van der Waals surface area contributed by atoms with Gasteiger partial charge in [0.25, 0.3) is 5.91 Å². The van der Waals surface area contributed by atoms with Crippen LogP contribution in [-0.4, -0.2) is 42.4 Å². The van der Waals surface area contributed by atoms with Gasteiger partial charge in [0, 0.05) is 14.1 Å². The number of amides is 1. The van der Waals surface area contributed by atoms with E-state index in [0.29, 0.717) is 22.4 Å². The molecule has 0 aliphatic rings. The molecule has 140 valence electrons. The minimum Gasteiger partial charge on any atom is -0.354 e. The number of aromatic nitrogens is 6. The molecule has 0 spiro atoms. The van der Waals surface area contributed by atoms with E-state index in [9.17, 15) is 9.59 Å². The number of fused-ring (bicyclic) bond motifs is 1. The lowest BCUT2D eigenvalue weighted by atomic mass is 10.2. The summed E-state index contributed by atoms with van der Waals surface area (Å²) >= 11 is 0. The van der Waals surface area contributed by atoms with Gasteiger partial charge in [-0.05, 0) is 24.3 Å². The average Bonchev–Trinajstić information content (AvgIpc) is 3.13. The van der Waals surface area contributed by atoms with Crippen molar-refractivity contribution in [3.05, 3.63) is 59.2 Å². The number of rotatable bonds is 4. The first-order chi connectivity index (χ1) is 13.5. The van der Waals surface area contributed by atoms with Gasteiger partial charge < -0.3 is 20.2 Å². The number of anilines is 2. The second-order valence-corrected chi connectivity index (χ2v) is 6.01. The van der Waals surface area contributed by atoms with Gasteiger partial charge in [-0.1, -0.05) is 0 Å². The van der Waals surface area contributed by atoms with Crippen LogP contribution in [0.1, 0.15) is 10.5 Å². The zero-order chi connectivity index (χ0) is 19.7. The normalized spacial score (nSPS) is 10.8. The van der Waals surface area contributed by atoms with Crippen LogP contribution in [0.3, 0.4) is 0 Å². The van der Waals surface area contributed by atoms with Gasteiger partial charge in [-0.25, -0.2) is 19.7 Å². The molecule has 0 fully saturated rings. The third-order valence-electron chi connectivity index (χ3n) is 4.14. The number of aromatic amines is 1. The molecular weight excluding hydrogens is 360 g/mol. The van der Waals surface area contributed by atoms with Gasteiger partial charge in [-0.2, -0.15) is 4.98 Å². The second-order valence-electron chi connectivity index (χ2n) is 6.01. The highest BCUT2D eigenvalue weighted by Crippen LogP contribution is 2.24. The largest absolute Gasteiger partial charge is 0.354 e. The van der Waals surface area contributed by atoms with Crippen LogP contribution in [0.25, 0.3) is 22.4 Å². The van der Waals surface area contributed by atoms with Gasteiger partial charge in [-0.15, -0.1) is 0 Å². The predicted octanol–water partition coefficient (Wildman–Crippen LogP) is 1.22. The van der Waals surface area contributed by atoms with Crippen LogP contribution in [0.2, 0.25) is 0 Å². The number of aryl methyl sites for hydroxylation is 1. The van der Waals surface area contributed by atoms with E-state index in [1.807, 2.05) is 11.6 Å². The summed E-state index contributed by atoms with van der Waals surface area (Å²) in [7, 11) is 3.41. The van der Waals surface area contributed by atoms with Crippen molar-refractivity contribution in [1.29, 1.82) is 0 Å². The maximum atomic E-state index is 11.9. The Kier molecular flexibility index (Phi) is 4.28. The van der Waals surface area contributed by atoms with Crippen LogP contribution >= 0.6 is 0 Å². The molecular formula is C18H16N8O2. The number of nitrogens with one attached hydrogen (secondary N) is 3. The molecule has 10 nitrogen and oxygen atoms in total. The highest BCUT2D eigenvalue weighted by Gasteiger charge is 2.12. The fourth-order valence-corrected chi connectivity index (χ4v) is 2.74. The molecule has 28 heavy (non-hydrogen) atoms. The van der Waals surface area contributed by atoms with Crippen LogP contribution in [0.5, 0.6) is 0 Å². The lowest BCUT2D eigenvalue weighted by molar-refractivity contribution is 0.0958. The quantitative estimate of drug-likeness (QED) is 0.488. The van der Waals surface area contributed by atoms with E-state index in [1.54, 1.807) is 36.8 Å². The maximum absolute atomic E-state index is 11.9. The van der Waals surface area contributed by atoms with E-state index in [1.165, 1.54) is 13.2 Å². The standard InChI is InChI=1S/C18H16N8O2/c1-19-17(27)13-4-3-10(7-21-13)22-16-15-12(24-18(28)25-16)6-5-11(23-15)14-8-20-9-26(14)2/h3-9H,1-2H3,(H,19,27)(H2,22,24,25,28). The molecule has 0 aliphatic heterocycles. The van der Waals surface area contributed by atoms with E-state index in [2.05, 4.69) is 35.6 Å². The van der Waals surface area contributed by atoms with Crippen molar-refractivity contribution < 1.29 is 4.79 Å². The Bertz CT molecular complexity index is 1230. The summed E-state index contributed by atoms with van der Waals surface area (Å²) in [5.74, 6) is 0.00558. The van der Waals surface area contributed by atoms with Gasteiger partial charge in [0.15, 0.2) is 5.82 Å². The van der Waals surface area contributed by atoms with Crippen molar-refractivity contribution >= 4 is 28.4 Å². The topological polar surface area (TPSA) is 130 Å². The molecule has 0 saturated heterocycles. The second kappa shape index (κ2) is 6.91. The van der Waals surface area contributed by atoms with Gasteiger partial charge in [0.05, 0.1) is 41.3 Å². The van der Waals surface area contributed by atoms with E-state index in [4.69, 9.17) is 0 Å². The Morgan fingerprint density at radius 1 is 1.14 bits per heavy atom. The van der Waals surface area contributed by atoms with E-state index < -0.39 is 5.69 Å². The lowest BCUT2D eigenvalue weighted by Gasteiger charge is -2.09. The van der Waals surface area contributed by atoms with Crippen molar-refractivity contribution in [2.45, 2.75) is 0 Å². The van der Waals surface area contributed by atoms with Crippen molar-refractivity contribution in [2.75, 3.05) is 12.4 Å². The number of nitrogens with zero attached hydrogens (tertiary/aromatic N) is 5. The van der Waals surface area contributed by atoms with Gasteiger partial charge in [0.2, 0.25) is 0 Å². The van der Waals surface area contributed by atoms with Crippen molar-refractivity contribution in [3.8, 4) is 11.4 Å². The summed E-state index contributed by atoms with van der Waals surface area (Å²) in [5.41, 5.74) is 2.92. The number of pyridine rings is 2. The molecule has 0 radical (unpaired) electrons. The summed E-state index contributed by atoms with van der Waals surface area (Å²) in [5, 5.41) is 5.56. The Hall–Kier alpha value is -4.08. The smallest absolute Gasteiger partial charge is 0.347 e. The first-order valence-electron chi connectivity index (χ1n) is 8.38. The molecule has 4 aromatic rings. The minimum atomic E-state index is -0.500. The van der Waals surface area contributed by atoms with E-state index in [0.717, 1.165) is 5.69 Å². The Morgan fingerprint density at radius 3 is 2.68 bits per heavy atom. The van der Waals surface area contributed by atoms with Crippen LogP contribution in [0.4, 0.5) is 11.5 Å². The number of carbonyl (C=O) groups is 1. The molecule has 4 aromatic heterocycles. The van der Waals surface area contributed by atoms with Crippen LogP contribution < -0.4 is 16.3 Å². The third kappa shape index (κ3) is 3.18. The molecule has 0 bridgehead atoms. The molecule has 4 heterocycles. The van der Waals surface area contributed by atoms with Crippen molar-refractivity contribution in [3.63, 3.8) is 0 Å². The molecule has 0 aliphatic carbocycles. The van der Waals surface area contributed by atoms with Crippen molar-refractivity contribution in [1.82, 2.24) is 34.8 Å². The predicted molar refractivity (Wildman–Crippen MR) is 103 cm³/mol. The van der Waals surface area contributed by atoms with Crippen LogP contribution in [-0.2, 0) is 7.05 Å². The van der Waals surface area contributed by atoms with E-state index >= 15 is 0 Å². The number of imidazole rings is 1. The summed E-state index contributed by atoms with van der Waals surface area (Å²) in [6.07, 6.45) is 4.89. The molecule has 10 heteroatoms. The highest BCUT2D eigenvalue weighted by molar-refractivity contribution is 5.92. The fraction of sp³-hybridized carbons (Fsp3) is 0.111. The van der Waals surface area contributed by atoms with Crippen molar-refractivity contribution in [2.24, 2.45) is 7.05 Å². The summed E-state index contributed by atoms with van der Waals surface area (Å²) in [4.78, 5) is 43.1. The SMILES string of the molecule is CNC(=O)c1ccc(Nc2nc(=O)[nH]c3ccc(-c4cncn4C)nc23)cn1. The highest BCUT2D eigenvalue weighted by atomic mass is 16.2. The first-order valence-corrected chi connectivity index (χ1v) is 8.38. The maximum Gasteiger partial charge on any atom is 0.347 e. The first kappa shape index (κ1) is 17.3. The fourth-order valence-electron chi connectivity index (χ4n) is 2.74. The molecule has 0 atom stereocenters. The van der Waals surface area contributed by atoms with E-state index in [-0.39, 0.29) is 17.4 Å². The summed E-state index contributed by atoms with van der Waals surface area (Å²) in [6, 6.07) is 6.83. The van der Waals surface area contributed by atoms with Gasteiger partial charge in [-0.3, -0.25) is 4.79 Å². The van der Waals surface area contributed by atoms with Crippen LogP contribution in [0, 0.1) is 0 Å². The molecule has 0 aromatic carbocycles. The third-order valence-corrected chi connectivity index (χ3v) is 4.14. The summed E-state index contributed by atoms with van der Waals surface area (Å²) < 4.78 is 1.85. The molecule has 0 unspecified atom stereocenters. The van der Waals surface area contributed by atoms with Gasteiger partial charge >= 0.3 is 5.69 Å². The number of carbonyl (C=O) groups excluding carboxylic acids is 1. The zero-order valence-electron chi connectivity index (χ0n) is 15.1. The number of hydrogen-bond donors (Lipinski definition) is 3. The monoisotopic (exact) mass is 376 g/mol. The summed E-state index contributed by atoms with van der Waals surface area (Å²) in [6.45, 7) is 0. The van der Waals surface area contributed by atoms with Gasteiger partial charge in [0.1, 0.15) is 11.2 Å². The zero-order valence-corrected chi connectivity index (χ0v) is 15.1. The number of H-pyrrole nitrogens is 1. The Balaban J connectivity index is 1.76. The molecule has 1 amide bonds. The number of hydrogen-bond acceptors (Lipinski definition) is 7. The van der Waals surface area contributed by atoms with Crippen LogP contribution in [0.15, 0.2) is 47.8 Å². The lowest BCUT2D eigenvalue weighted by Crippen LogP contribution is -2.19. The molecule has 0 saturated carbocycles. The molecule has 4 rings (SSSR count).